The smallest absolute Gasteiger partial charge is 0.196 e. The van der Waals surface area contributed by atoms with Crippen molar-refractivity contribution in [3.63, 3.8) is 0 Å². The van der Waals surface area contributed by atoms with Crippen LogP contribution < -0.4 is 4.90 Å². The van der Waals surface area contributed by atoms with Crippen LogP contribution in [0.2, 0.25) is 0 Å². The molecule has 1 saturated heterocycles. The number of hydrogen-bond donors (Lipinski definition) is 0. The van der Waals surface area contributed by atoms with Gasteiger partial charge in [0.25, 0.3) is 0 Å². The van der Waals surface area contributed by atoms with Crippen LogP contribution in [0.5, 0.6) is 0 Å². The third kappa shape index (κ3) is 3.42. The van der Waals surface area contributed by atoms with Gasteiger partial charge >= 0.3 is 0 Å². The maximum absolute atomic E-state index is 9.38. The summed E-state index contributed by atoms with van der Waals surface area (Å²) >= 11 is 3.40. The lowest BCUT2D eigenvalue weighted by atomic mass is 10.1. The molecule has 0 unspecified atom stereocenters. The van der Waals surface area contributed by atoms with Crippen molar-refractivity contribution in [1.29, 1.82) is 5.26 Å². The van der Waals surface area contributed by atoms with Crippen LogP contribution in [-0.2, 0) is 0 Å². The molecule has 22 heavy (non-hydrogen) atoms. The Kier molecular flexibility index (Phi) is 4.65. The largest absolute Gasteiger partial charge is 0.441 e. The first-order valence-electron chi connectivity index (χ1n) is 7.49. The van der Waals surface area contributed by atoms with Crippen LogP contribution in [0, 0.1) is 11.3 Å². The number of nitriles is 1. The molecule has 0 spiro atoms. The zero-order chi connectivity index (χ0) is 15.4. The molecule has 2 aromatic rings. The molecule has 112 valence electrons. The summed E-state index contributed by atoms with van der Waals surface area (Å²) < 4.78 is 6.89. The van der Waals surface area contributed by atoms with Gasteiger partial charge in [0.1, 0.15) is 5.76 Å². The van der Waals surface area contributed by atoms with Crippen molar-refractivity contribution in [3.05, 3.63) is 52.2 Å². The van der Waals surface area contributed by atoms with Crippen molar-refractivity contribution in [1.82, 2.24) is 0 Å². The summed E-state index contributed by atoms with van der Waals surface area (Å²) in [6, 6.07) is 13.9. The lowest BCUT2D eigenvalue weighted by molar-refractivity contribution is 0.496. The first kappa shape index (κ1) is 14.9. The lowest BCUT2D eigenvalue weighted by Gasteiger charge is -2.25. The highest BCUT2D eigenvalue weighted by molar-refractivity contribution is 9.10. The second kappa shape index (κ2) is 6.85. The van der Waals surface area contributed by atoms with Crippen LogP contribution in [-0.4, -0.2) is 13.1 Å². The van der Waals surface area contributed by atoms with E-state index in [1.54, 1.807) is 6.08 Å². The highest BCUT2D eigenvalue weighted by atomic mass is 79.9. The average Bonchev–Trinajstić information content (AvgIpc) is 3.03. The van der Waals surface area contributed by atoms with Crippen molar-refractivity contribution in [2.75, 3.05) is 18.0 Å². The van der Waals surface area contributed by atoms with Gasteiger partial charge in [0.2, 0.25) is 0 Å². The van der Waals surface area contributed by atoms with E-state index >= 15 is 0 Å². The average molecular weight is 357 g/mol. The number of allylic oxidation sites excluding steroid dienone is 1. The summed E-state index contributed by atoms with van der Waals surface area (Å²) in [6.45, 7) is 2.10. The number of furan rings is 1. The molecule has 1 aliphatic rings. The van der Waals surface area contributed by atoms with Crippen LogP contribution in [0.1, 0.15) is 30.6 Å². The monoisotopic (exact) mass is 356 g/mol. The maximum Gasteiger partial charge on any atom is 0.196 e. The summed E-state index contributed by atoms with van der Waals surface area (Å²) in [6.07, 6.45) is 5.53. The minimum atomic E-state index is 0.604. The predicted molar refractivity (Wildman–Crippen MR) is 92.4 cm³/mol. The predicted octanol–water partition coefficient (Wildman–Crippen LogP) is 5.10. The molecule has 2 heterocycles. The van der Waals surface area contributed by atoms with E-state index in [9.17, 15) is 5.26 Å². The molecule has 3 nitrogen and oxygen atoms in total. The zero-order valence-electron chi connectivity index (χ0n) is 12.3. The lowest BCUT2D eigenvalue weighted by Crippen LogP contribution is -2.28. The summed E-state index contributed by atoms with van der Waals surface area (Å²) in [7, 11) is 0. The number of anilines is 1. The fourth-order valence-electron chi connectivity index (χ4n) is 2.66. The number of benzene rings is 1. The second-order valence-electron chi connectivity index (χ2n) is 5.40. The van der Waals surface area contributed by atoms with E-state index in [4.69, 9.17) is 4.42 Å². The van der Waals surface area contributed by atoms with Crippen LogP contribution >= 0.6 is 15.9 Å². The van der Waals surface area contributed by atoms with E-state index < -0.39 is 0 Å². The van der Waals surface area contributed by atoms with Gasteiger partial charge in [-0.3, -0.25) is 0 Å². The number of nitrogens with zero attached hydrogens (tertiary/aromatic N) is 2. The Balaban J connectivity index is 1.82. The Bertz CT molecular complexity index is 703. The molecule has 0 aliphatic carbocycles. The molecule has 3 rings (SSSR count). The third-order valence-electron chi connectivity index (χ3n) is 3.84. The molecule has 0 amide bonds. The molecule has 1 aliphatic heterocycles. The van der Waals surface area contributed by atoms with E-state index in [-0.39, 0.29) is 0 Å². The van der Waals surface area contributed by atoms with E-state index in [1.165, 1.54) is 19.3 Å². The highest BCUT2D eigenvalue weighted by Gasteiger charge is 2.14. The Morgan fingerprint density at radius 1 is 1.09 bits per heavy atom. The maximum atomic E-state index is 9.38. The van der Waals surface area contributed by atoms with Gasteiger partial charge < -0.3 is 9.32 Å². The zero-order valence-corrected chi connectivity index (χ0v) is 13.8. The molecule has 1 aromatic carbocycles. The summed E-state index contributed by atoms with van der Waals surface area (Å²) in [5.41, 5.74) is 1.49. The molecule has 1 aromatic heterocycles. The SMILES string of the molecule is N#C/C(=C/c1ccc(N2CCCCC2)o1)c1ccc(Br)cc1. The minimum Gasteiger partial charge on any atom is -0.441 e. The van der Waals surface area contributed by atoms with Crippen molar-refractivity contribution in [3.8, 4) is 6.07 Å². The molecule has 4 heteroatoms. The summed E-state index contributed by atoms with van der Waals surface area (Å²) in [5.74, 6) is 1.62. The van der Waals surface area contributed by atoms with Gasteiger partial charge in [0, 0.05) is 23.6 Å². The Labute approximate surface area is 139 Å². The second-order valence-corrected chi connectivity index (χ2v) is 6.32. The van der Waals surface area contributed by atoms with Crippen LogP contribution in [0.4, 0.5) is 5.88 Å². The van der Waals surface area contributed by atoms with Gasteiger partial charge in [-0.15, -0.1) is 0 Å². The highest BCUT2D eigenvalue weighted by Crippen LogP contribution is 2.26. The fourth-order valence-corrected chi connectivity index (χ4v) is 2.92. The molecule has 0 bridgehead atoms. The van der Waals surface area contributed by atoms with E-state index in [0.717, 1.165) is 34.8 Å². The van der Waals surface area contributed by atoms with E-state index in [0.29, 0.717) is 5.57 Å². The normalized spacial score (nSPS) is 15.6. The first-order chi connectivity index (χ1) is 10.8. The molecule has 0 N–H and O–H groups in total. The van der Waals surface area contributed by atoms with E-state index in [1.807, 2.05) is 36.4 Å². The van der Waals surface area contributed by atoms with Crippen LogP contribution in [0.3, 0.4) is 0 Å². The number of hydrogen-bond acceptors (Lipinski definition) is 3. The Hall–Kier alpha value is -1.99. The molecule has 1 fully saturated rings. The Morgan fingerprint density at radius 3 is 2.50 bits per heavy atom. The van der Waals surface area contributed by atoms with Gasteiger partial charge in [0.15, 0.2) is 5.88 Å². The van der Waals surface area contributed by atoms with Gasteiger partial charge in [-0.2, -0.15) is 5.26 Å². The number of piperidine rings is 1. The minimum absolute atomic E-state index is 0.604. The van der Waals surface area contributed by atoms with Gasteiger partial charge in [-0.05, 0) is 49.1 Å². The molecular formula is C18H17BrN2O. The molecular weight excluding hydrogens is 340 g/mol. The standard InChI is InChI=1S/C18H17BrN2O/c19-16-6-4-14(5-7-16)15(13-20)12-17-8-9-18(22-17)21-10-2-1-3-11-21/h4-9,12H,1-3,10-11H2/b15-12-. The van der Waals surface area contributed by atoms with Crippen molar-refractivity contribution in [2.24, 2.45) is 0 Å². The van der Waals surface area contributed by atoms with Crippen molar-refractivity contribution in [2.45, 2.75) is 19.3 Å². The Morgan fingerprint density at radius 2 is 1.82 bits per heavy atom. The summed E-state index contributed by atoms with van der Waals surface area (Å²) in [4.78, 5) is 2.27. The van der Waals surface area contributed by atoms with Crippen LogP contribution in [0.25, 0.3) is 11.6 Å². The van der Waals surface area contributed by atoms with E-state index in [2.05, 4.69) is 26.9 Å². The van der Waals surface area contributed by atoms with Crippen molar-refractivity contribution >= 4 is 33.5 Å². The van der Waals surface area contributed by atoms with Crippen molar-refractivity contribution < 1.29 is 4.42 Å². The number of halogens is 1. The molecule has 0 saturated carbocycles. The van der Waals surface area contributed by atoms with Gasteiger partial charge in [-0.1, -0.05) is 28.1 Å². The third-order valence-corrected chi connectivity index (χ3v) is 4.37. The number of rotatable bonds is 3. The quantitative estimate of drug-likeness (QED) is 0.718. The molecule has 0 radical (unpaired) electrons. The fraction of sp³-hybridized carbons (Fsp3) is 0.278. The van der Waals surface area contributed by atoms with Crippen LogP contribution in [0.15, 0.2) is 45.3 Å². The summed E-state index contributed by atoms with van der Waals surface area (Å²) in [5, 5.41) is 9.38. The van der Waals surface area contributed by atoms with Gasteiger partial charge in [-0.25, -0.2) is 0 Å². The van der Waals surface area contributed by atoms with Gasteiger partial charge in [0.05, 0.1) is 11.6 Å². The molecule has 0 atom stereocenters. The topological polar surface area (TPSA) is 40.2 Å². The first-order valence-corrected chi connectivity index (χ1v) is 8.28.